The number of hydrogen-bond donors (Lipinski definition) is 3. The summed E-state index contributed by atoms with van der Waals surface area (Å²) >= 11 is 0. The number of amides is 1. The Labute approximate surface area is 193 Å². The molecule has 1 amide bonds. The second-order valence-corrected chi connectivity index (χ2v) is 8.64. The molecule has 0 spiro atoms. The Hall–Kier alpha value is -2.21. The third kappa shape index (κ3) is 10.4. The minimum atomic E-state index is -0.909. The van der Waals surface area contributed by atoms with Gasteiger partial charge in [0, 0.05) is 24.2 Å². The summed E-state index contributed by atoms with van der Waals surface area (Å²) in [5.41, 5.74) is 3.20. The van der Waals surface area contributed by atoms with Gasteiger partial charge >= 0.3 is 0 Å². The SMILES string of the molecule is CCCCCCCCCCCCNC(=O)c1cccc(CCc2ccc([NH+]([O-])O)cc2)c1. The molecule has 2 rings (SSSR count). The van der Waals surface area contributed by atoms with Crippen LogP contribution in [0.1, 0.15) is 92.6 Å². The molecule has 32 heavy (non-hydrogen) atoms. The number of hydrogen-bond acceptors (Lipinski definition) is 3. The van der Waals surface area contributed by atoms with Crippen LogP contribution in [0.2, 0.25) is 0 Å². The van der Waals surface area contributed by atoms with Crippen LogP contribution in [-0.2, 0) is 12.8 Å². The van der Waals surface area contributed by atoms with Crippen LogP contribution in [0.5, 0.6) is 0 Å². The van der Waals surface area contributed by atoms with E-state index in [1.807, 2.05) is 36.4 Å². The van der Waals surface area contributed by atoms with Crippen LogP contribution in [0, 0.1) is 5.21 Å². The number of benzene rings is 2. The number of carbonyl (C=O) groups is 1. The molecule has 2 aromatic carbocycles. The van der Waals surface area contributed by atoms with Gasteiger partial charge in [0.2, 0.25) is 0 Å². The number of rotatable bonds is 16. The van der Waals surface area contributed by atoms with Gasteiger partial charge in [-0.25, -0.2) is 5.21 Å². The zero-order chi connectivity index (χ0) is 23.0. The molecule has 0 heterocycles. The maximum atomic E-state index is 12.5. The van der Waals surface area contributed by atoms with E-state index in [1.165, 1.54) is 57.8 Å². The van der Waals surface area contributed by atoms with Crippen LogP contribution in [0.4, 0.5) is 5.69 Å². The molecule has 0 saturated heterocycles. The first-order valence-electron chi connectivity index (χ1n) is 12.3. The third-order valence-corrected chi connectivity index (χ3v) is 5.91. The van der Waals surface area contributed by atoms with E-state index in [0.29, 0.717) is 11.3 Å². The Morgan fingerprint density at radius 1 is 0.844 bits per heavy atom. The summed E-state index contributed by atoms with van der Waals surface area (Å²) in [6.07, 6.45) is 14.5. The minimum absolute atomic E-state index is 0.00594. The highest BCUT2D eigenvalue weighted by molar-refractivity contribution is 5.94. The summed E-state index contributed by atoms with van der Waals surface area (Å²) in [6, 6.07) is 14.8. The van der Waals surface area contributed by atoms with Gasteiger partial charge in [-0.2, -0.15) is 5.23 Å². The third-order valence-electron chi connectivity index (χ3n) is 5.91. The Balaban J connectivity index is 1.62. The van der Waals surface area contributed by atoms with Crippen molar-refractivity contribution in [3.05, 3.63) is 70.4 Å². The van der Waals surface area contributed by atoms with Crippen molar-refractivity contribution in [2.45, 2.75) is 84.0 Å². The van der Waals surface area contributed by atoms with Crippen molar-refractivity contribution in [2.75, 3.05) is 6.54 Å². The normalized spacial score (nSPS) is 12.0. The Morgan fingerprint density at radius 3 is 2.06 bits per heavy atom. The first kappa shape index (κ1) is 26.0. The lowest BCUT2D eigenvalue weighted by Crippen LogP contribution is -2.99. The van der Waals surface area contributed by atoms with Crippen LogP contribution in [0.25, 0.3) is 0 Å². The van der Waals surface area contributed by atoms with Crippen molar-refractivity contribution in [2.24, 2.45) is 0 Å². The van der Waals surface area contributed by atoms with Crippen LogP contribution >= 0.6 is 0 Å². The van der Waals surface area contributed by atoms with Crippen molar-refractivity contribution in [1.82, 2.24) is 5.32 Å². The largest absolute Gasteiger partial charge is 0.595 e. The zero-order valence-corrected chi connectivity index (χ0v) is 19.6. The second-order valence-electron chi connectivity index (χ2n) is 8.64. The zero-order valence-electron chi connectivity index (χ0n) is 19.6. The molecule has 0 aromatic heterocycles. The molecule has 0 aliphatic heterocycles. The Kier molecular flexibility index (Phi) is 12.7. The molecule has 3 N–H and O–H groups in total. The molecule has 0 aliphatic rings. The fourth-order valence-electron chi connectivity index (χ4n) is 3.89. The van der Waals surface area contributed by atoms with Crippen LogP contribution in [-0.4, -0.2) is 17.7 Å². The van der Waals surface area contributed by atoms with E-state index in [9.17, 15) is 10.0 Å². The number of unbranched alkanes of at least 4 members (excludes halogenated alkanes) is 9. The lowest BCUT2D eigenvalue weighted by Gasteiger charge is -2.11. The van der Waals surface area contributed by atoms with Gasteiger partial charge in [0.25, 0.3) is 5.91 Å². The summed E-state index contributed by atoms with van der Waals surface area (Å²) in [4.78, 5) is 12.5. The fourth-order valence-corrected chi connectivity index (χ4v) is 3.89. The number of carbonyl (C=O) groups excluding carboxylic acids is 1. The van der Waals surface area contributed by atoms with Gasteiger partial charge in [-0.3, -0.25) is 4.79 Å². The van der Waals surface area contributed by atoms with E-state index >= 15 is 0 Å². The van der Waals surface area contributed by atoms with Gasteiger partial charge in [-0.1, -0.05) is 89.0 Å². The smallest absolute Gasteiger partial charge is 0.251 e. The van der Waals surface area contributed by atoms with Crippen molar-refractivity contribution >= 4 is 11.6 Å². The van der Waals surface area contributed by atoms with Crippen LogP contribution in [0.15, 0.2) is 48.5 Å². The molecule has 176 valence electrons. The lowest BCUT2D eigenvalue weighted by molar-refractivity contribution is -0.991. The number of nitrogens with one attached hydrogen (secondary N) is 2. The maximum absolute atomic E-state index is 12.5. The number of quaternary nitrogens is 1. The molecule has 0 fully saturated rings. The second kappa shape index (κ2) is 15.6. The maximum Gasteiger partial charge on any atom is 0.251 e. The van der Waals surface area contributed by atoms with E-state index in [0.717, 1.165) is 36.9 Å². The molecule has 5 heteroatoms. The summed E-state index contributed by atoms with van der Waals surface area (Å²) in [7, 11) is 0. The first-order valence-corrected chi connectivity index (χ1v) is 12.3. The van der Waals surface area contributed by atoms with Gasteiger partial charge in [0.05, 0.1) is 0 Å². The first-order chi connectivity index (χ1) is 15.6. The van der Waals surface area contributed by atoms with Gasteiger partial charge in [0.15, 0.2) is 5.69 Å². The van der Waals surface area contributed by atoms with Gasteiger partial charge < -0.3 is 10.5 Å². The quantitative estimate of drug-likeness (QED) is 0.237. The summed E-state index contributed by atoms with van der Waals surface area (Å²) in [5, 5.41) is 22.1. The monoisotopic (exact) mass is 440 g/mol. The predicted octanol–water partition coefficient (Wildman–Crippen LogP) is 5.53. The van der Waals surface area contributed by atoms with Gasteiger partial charge in [-0.15, -0.1) is 0 Å². The van der Waals surface area contributed by atoms with Crippen LogP contribution in [0.3, 0.4) is 0 Å². The molecule has 2 aromatic rings. The highest BCUT2D eigenvalue weighted by Crippen LogP contribution is 2.13. The van der Waals surface area contributed by atoms with E-state index in [1.54, 1.807) is 12.1 Å². The van der Waals surface area contributed by atoms with Crippen molar-refractivity contribution in [3.8, 4) is 0 Å². The minimum Gasteiger partial charge on any atom is -0.595 e. The molecule has 0 saturated carbocycles. The summed E-state index contributed by atoms with van der Waals surface area (Å²) in [5.74, 6) is -0.00594. The average Bonchev–Trinajstić information content (AvgIpc) is 2.81. The topological polar surface area (TPSA) is 76.8 Å². The van der Waals surface area contributed by atoms with E-state index in [-0.39, 0.29) is 5.91 Å². The molecule has 1 atom stereocenters. The molecule has 5 nitrogen and oxygen atoms in total. The highest BCUT2D eigenvalue weighted by Gasteiger charge is 2.06. The highest BCUT2D eigenvalue weighted by atomic mass is 16.8. The van der Waals surface area contributed by atoms with E-state index in [2.05, 4.69) is 12.2 Å². The fraction of sp³-hybridized carbons (Fsp3) is 0.519. The van der Waals surface area contributed by atoms with Gasteiger partial charge in [-0.05, 0) is 42.5 Å². The Bertz CT molecular complexity index is 775. The van der Waals surface area contributed by atoms with Gasteiger partial charge in [0.1, 0.15) is 0 Å². The van der Waals surface area contributed by atoms with E-state index < -0.39 is 5.23 Å². The van der Waals surface area contributed by atoms with Crippen molar-refractivity contribution in [1.29, 1.82) is 0 Å². The molecule has 0 radical (unpaired) electrons. The van der Waals surface area contributed by atoms with Crippen molar-refractivity contribution < 1.29 is 15.2 Å². The predicted molar refractivity (Wildman–Crippen MR) is 130 cm³/mol. The molecule has 0 bridgehead atoms. The Morgan fingerprint density at radius 2 is 1.44 bits per heavy atom. The van der Waals surface area contributed by atoms with Crippen LogP contribution < -0.4 is 10.5 Å². The number of aryl methyl sites for hydroxylation is 2. The summed E-state index contributed by atoms with van der Waals surface area (Å²) < 4.78 is 0. The van der Waals surface area contributed by atoms with Crippen molar-refractivity contribution in [3.63, 3.8) is 0 Å². The summed E-state index contributed by atoms with van der Waals surface area (Å²) in [6.45, 7) is 2.98. The standard InChI is InChI=1S/C27H40N2O3/c1-2-3-4-5-6-7-8-9-10-11-21-28-27(30)25-14-12-13-24(22-25)16-15-23-17-19-26(20-18-23)29(31)32/h12-14,17-20,22,29,31H,2-11,15-16,21H2,1H3,(H,28,30). The molecular formula is C27H40N2O3. The molecule has 0 aliphatic carbocycles. The van der Waals surface area contributed by atoms with E-state index in [4.69, 9.17) is 5.21 Å². The molecular weight excluding hydrogens is 400 g/mol. The molecule has 1 unspecified atom stereocenters. The average molecular weight is 441 g/mol. The lowest BCUT2D eigenvalue weighted by atomic mass is 10.0.